The van der Waals surface area contributed by atoms with E-state index >= 15 is 0 Å². The third-order valence-corrected chi connectivity index (χ3v) is 9.51. The molecule has 0 saturated heterocycles. The highest BCUT2D eigenvalue weighted by Crippen LogP contribution is 2.33. The number of carbonyl (C=O) groups excluding carboxylic acids is 1. The number of carbonyl (C=O) groups is 2. The number of thiophene rings is 1. The Labute approximate surface area is 235 Å². The molecular weight excluding hydrogens is 562 g/mol. The Kier molecular flexibility index (Phi) is 9.26. The number of methoxy groups -OCH3 is 1. The Hall–Kier alpha value is -3.41. The van der Waals surface area contributed by atoms with Crippen molar-refractivity contribution >= 4 is 55.6 Å². The first-order chi connectivity index (χ1) is 18.7. The predicted molar refractivity (Wildman–Crippen MR) is 150 cm³/mol. The molecule has 0 atom stereocenters. The summed E-state index contributed by atoms with van der Waals surface area (Å²) in [6.45, 7) is 0.720. The number of nitrogens with one attached hydrogen (secondary N) is 1. The number of sulfone groups is 1. The molecule has 9 nitrogen and oxygen atoms in total. The van der Waals surface area contributed by atoms with Crippen molar-refractivity contribution in [2.75, 3.05) is 7.11 Å². The van der Waals surface area contributed by atoms with Crippen molar-refractivity contribution < 1.29 is 27.9 Å². The van der Waals surface area contributed by atoms with E-state index in [4.69, 9.17) is 21.4 Å². The second kappa shape index (κ2) is 12.6. The minimum atomic E-state index is -3.67. The number of amides is 1. The van der Waals surface area contributed by atoms with E-state index in [9.17, 15) is 18.0 Å². The largest absolute Gasteiger partial charge is 0.496 e. The average Bonchev–Trinajstić information content (AvgIpc) is 3.49. The first kappa shape index (κ1) is 28.6. The van der Waals surface area contributed by atoms with Gasteiger partial charge in [0.2, 0.25) is 5.91 Å². The summed E-state index contributed by atoms with van der Waals surface area (Å²) < 4.78 is 34.1. The molecule has 2 aromatic heterocycles. The van der Waals surface area contributed by atoms with Crippen LogP contribution >= 0.6 is 22.9 Å². The molecule has 2 heterocycles. The standard InChI is InChI=1S/C27H28ClN3O6S2/c1-37-22-9-5-8-21-27(22)20(17-39(35,36)26-13-12-23(28)38-26)30-31(21)16-19-7-4-6-18(14-19)15-29-24(32)10-2-3-11-25(33)34/h4-9,12-14H,2-3,10-11,15-17H2,1H3,(H,29,32)(H,33,34). The van der Waals surface area contributed by atoms with Gasteiger partial charge in [-0.25, -0.2) is 8.42 Å². The van der Waals surface area contributed by atoms with E-state index in [1.165, 1.54) is 13.2 Å². The van der Waals surface area contributed by atoms with Crippen LogP contribution in [0.5, 0.6) is 5.75 Å². The Morgan fingerprint density at radius 3 is 2.54 bits per heavy atom. The second-order valence-corrected chi connectivity index (χ2v) is 12.9. The summed E-state index contributed by atoms with van der Waals surface area (Å²) in [6, 6.07) is 16.2. The van der Waals surface area contributed by atoms with Gasteiger partial charge in [0.25, 0.3) is 0 Å². The van der Waals surface area contributed by atoms with Crippen LogP contribution in [-0.4, -0.2) is 42.3 Å². The highest BCUT2D eigenvalue weighted by atomic mass is 35.5. The second-order valence-electron chi connectivity index (χ2n) is 8.97. The van der Waals surface area contributed by atoms with Gasteiger partial charge in [-0.05, 0) is 48.2 Å². The van der Waals surface area contributed by atoms with Gasteiger partial charge in [-0.3, -0.25) is 14.3 Å². The van der Waals surface area contributed by atoms with Gasteiger partial charge in [0.05, 0.1) is 34.6 Å². The Morgan fingerprint density at radius 2 is 1.82 bits per heavy atom. The van der Waals surface area contributed by atoms with Crippen LogP contribution in [0, 0.1) is 0 Å². The van der Waals surface area contributed by atoms with E-state index in [0.717, 1.165) is 28.0 Å². The van der Waals surface area contributed by atoms with E-state index in [1.807, 2.05) is 36.4 Å². The van der Waals surface area contributed by atoms with Crippen LogP contribution < -0.4 is 10.1 Å². The molecule has 2 N–H and O–H groups in total. The fraction of sp³-hybridized carbons (Fsp3) is 0.296. The maximum Gasteiger partial charge on any atom is 0.303 e. The lowest BCUT2D eigenvalue weighted by molar-refractivity contribution is -0.137. The number of halogens is 1. The SMILES string of the molecule is COc1cccc2c1c(CS(=O)(=O)c1ccc(Cl)s1)nn2Cc1cccc(CNC(=O)CCCCC(=O)O)c1. The van der Waals surface area contributed by atoms with Crippen LogP contribution in [0.15, 0.2) is 58.8 Å². The van der Waals surface area contributed by atoms with Crippen LogP contribution in [0.2, 0.25) is 4.34 Å². The minimum absolute atomic E-state index is 0.0549. The van der Waals surface area contributed by atoms with Gasteiger partial charge in [0, 0.05) is 19.4 Å². The normalized spacial score (nSPS) is 11.5. The van der Waals surface area contributed by atoms with E-state index in [-0.39, 0.29) is 28.7 Å². The summed E-state index contributed by atoms with van der Waals surface area (Å²) in [6.07, 6.45) is 1.31. The molecule has 0 aliphatic carbocycles. The summed E-state index contributed by atoms with van der Waals surface area (Å²) in [5, 5.41) is 16.9. The lowest BCUT2D eigenvalue weighted by Crippen LogP contribution is -2.22. The molecule has 0 spiro atoms. The molecule has 4 rings (SSSR count). The summed E-state index contributed by atoms with van der Waals surface area (Å²) in [7, 11) is -2.14. The first-order valence-electron chi connectivity index (χ1n) is 12.2. The molecule has 12 heteroatoms. The molecule has 0 radical (unpaired) electrons. The molecule has 0 aliphatic heterocycles. The number of carboxylic acid groups (broad SMARTS) is 1. The molecule has 1 amide bonds. The molecule has 0 bridgehead atoms. The summed E-state index contributed by atoms with van der Waals surface area (Å²) >= 11 is 6.98. The van der Waals surface area contributed by atoms with Crippen molar-refractivity contribution in [3.8, 4) is 5.75 Å². The monoisotopic (exact) mass is 589 g/mol. The maximum absolute atomic E-state index is 13.1. The zero-order valence-corrected chi connectivity index (χ0v) is 23.6. The van der Waals surface area contributed by atoms with Gasteiger partial charge in [-0.2, -0.15) is 5.10 Å². The highest BCUT2D eigenvalue weighted by Gasteiger charge is 2.24. The maximum atomic E-state index is 13.1. The van der Waals surface area contributed by atoms with Crippen LogP contribution in [0.1, 0.15) is 42.5 Å². The molecule has 206 valence electrons. The molecule has 0 fully saturated rings. The van der Waals surface area contributed by atoms with Crippen molar-refractivity contribution in [1.82, 2.24) is 15.1 Å². The van der Waals surface area contributed by atoms with E-state index < -0.39 is 15.8 Å². The zero-order chi connectivity index (χ0) is 28.0. The summed E-state index contributed by atoms with van der Waals surface area (Å²) in [4.78, 5) is 22.7. The van der Waals surface area contributed by atoms with Crippen molar-refractivity contribution in [2.24, 2.45) is 0 Å². The number of hydrogen-bond acceptors (Lipinski definition) is 7. The quantitative estimate of drug-likeness (QED) is 0.209. The third-order valence-electron chi connectivity index (χ3n) is 6.07. The lowest BCUT2D eigenvalue weighted by atomic mass is 10.1. The zero-order valence-electron chi connectivity index (χ0n) is 21.2. The van der Waals surface area contributed by atoms with E-state index in [1.54, 1.807) is 16.8 Å². The van der Waals surface area contributed by atoms with Gasteiger partial charge >= 0.3 is 5.97 Å². The number of unbranched alkanes of at least 4 members (excludes halogenated alkanes) is 1. The van der Waals surface area contributed by atoms with E-state index in [0.29, 0.717) is 47.1 Å². The van der Waals surface area contributed by atoms with Crippen LogP contribution in [0.4, 0.5) is 0 Å². The third kappa shape index (κ3) is 7.37. The number of ether oxygens (including phenoxy) is 1. The minimum Gasteiger partial charge on any atom is -0.496 e. The van der Waals surface area contributed by atoms with Crippen LogP contribution in [-0.2, 0) is 38.3 Å². The number of nitrogens with zero attached hydrogens (tertiary/aromatic N) is 2. The van der Waals surface area contributed by atoms with Gasteiger partial charge in [-0.15, -0.1) is 11.3 Å². The number of fused-ring (bicyclic) bond motifs is 1. The van der Waals surface area contributed by atoms with Crippen LogP contribution in [0.3, 0.4) is 0 Å². The molecular formula is C27H28ClN3O6S2. The van der Waals surface area contributed by atoms with Gasteiger partial charge < -0.3 is 15.2 Å². The molecule has 0 aliphatic rings. The number of rotatable bonds is 13. The fourth-order valence-electron chi connectivity index (χ4n) is 4.24. The number of benzene rings is 2. The molecule has 0 saturated carbocycles. The molecule has 39 heavy (non-hydrogen) atoms. The Balaban J connectivity index is 1.52. The number of aromatic nitrogens is 2. The number of hydrogen-bond donors (Lipinski definition) is 2. The number of aliphatic carboxylic acids is 1. The number of carboxylic acids is 1. The molecule has 0 unspecified atom stereocenters. The average molecular weight is 590 g/mol. The predicted octanol–water partition coefficient (Wildman–Crippen LogP) is 5.04. The molecule has 4 aromatic rings. The van der Waals surface area contributed by atoms with Crippen molar-refractivity contribution in [2.45, 2.75) is 48.7 Å². The van der Waals surface area contributed by atoms with Gasteiger partial charge in [-0.1, -0.05) is 41.9 Å². The van der Waals surface area contributed by atoms with E-state index in [2.05, 4.69) is 10.4 Å². The lowest BCUT2D eigenvalue weighted by Gasteiger charge is -2.09. The van der Waals surface area contributed by atoms with Crippen molar-refractivity contribution in [3.05, 3.63) is 75.8 Å². The first-order valence-corrected chi connectivity index (χ1v) is 15.1. The Morgan fingerprint density at radius 1 is 1.08 bits per heavy atom. The van der Waals surface area contributed by atoms with Crippen molar-refractivity contribution in [3.63, 3.8) is 0 Å². The van der Waals surface area contributed by atoms with Crippen LogP contribution in [0.25, 0.3) is 10.9 Å². The Bertz CT molecular complexity index is 1600. The van der Waals surface area contributed by atoms with Gasteiger partial charge in [0.15, 0.2) is 9.84 Å². The molecule has 2 aromatic carbocycles. The van der Waals surface area contributed by atoms with Gasteiger partial charge in [0.1, 0.15) is 15.7 Å². The highest BCUT2D eigenvalue weighted by molar-refractivity contribution is 7.92. The van der Waals surface area contributed by atoms with Crippen molar-refractivity contribution in [1.29, 1.82) is 0 Å². The topological polar surface area (TPSA) is 128 Å². The fourth-order valence-corrected chi connectivity index (χ4v) is 7.09. The summed E-state index contributed by atoms with van der Waals surface area (Å²) in [5.41, 5.74) is 2.95. The summed E-state index contributed by atoms with van der Waals surface area (Å²) in [5.74, 6) is -0.759. The smallest absolute Gasteiger partial charge is 0.303 e.